The lowest BCUT2D eigenvalue weighted by atomic mass is 9.79. The number of hydrogen-bond donors (Lipinski definition) is 2. The lowest BCUT2D eigenvalue weighted by Gasteiger charge is -2.25. The third kappa shape index (κ3) is 3.41. The van der Waals surface area contributed by atoms with Gasteiger partial charge in [-0.2, -0.15) is 0 Å². The number of rotatable bonds is 1. The van der Waals surface area contributed by atoms with Gasteiger partial charge < -0.3 is 10.2 Å². The van der Waals surface area contributed by atoms with Gasteiger partial charge in [-0.05, 0) is 71.7 Å². The van der Waals surface area contributed by atoms with Crippen molar-refractivity contribution < 1.29 is 15.0 Å². The van der Waals surface area contributed by atoms with Crippen molar-refractivity contribution in [2.24, 2.45) is 0 Å². The van der Waals surface area contributed by atoms with Gasteiger partial charge in [0.15, 0.2) is 0 Å². The highest BCUT2D eigenvalue weighted by molar-refractivity contribution is 5.87. The Labute approximate surface area is 163 Å². The summed E-state index contributed by atoms with van der Waals surface area (Å²) >= 11 is 0. The number of aliphatic hydroxyl groups excluding tert-OH is 1. The minimum absolute atomic E-state index is 0.220. The number of carboxylic acids is 1. The van der Waals surface area contributed by atoms with Crippen LogP contribution in [0.4, 0.5) is 0 Å². The molecule has 2 N–H and O–H groups in total. The lowest BCUT2D eigenvalue weighted by molar-refractivity contribution is 0.0696. The molecule has 4 nitrogen and oxygen atoms in total. The van der Waals surface area contributed by atoms with Crippen molar-refractivity contribution in [3.63, 3.8) is 0 Å². The van der Waals surface area contributed by atoms with Crippen LogP contribution in [0, 0.1) is 0 Å². The zero-order valence-electron chi connectivity index (χ0n) is 15.4. The highest BCUT2D eigenvalue weighted by Crippen LogP contribution is 2.39. The van der Waals surface area contributed by atoms with E-state index >= 15 is 0 Å². The van der Waals surface area contributed by atoms with Crippen molar-refractivity contribution in [3.8, 4) is 11.1 Å². The van der Waals surface area contributed by atoms with Crippen molar-refractivity contribution in [3.05, 3.63) is 94.8 Å². The molecule has 2 aliphatic rings. The molecule has 0 spiro atoms. The summed E-state index contributed by atoms with van der Waals surface area (Å²) in [6, 6.07) is 16.1. The second-order valence-corrected chi connectivity index (χ2v) is 6.96. The summed E-state index contributed by atoms with van der Waals surface area (Å²) in [6.45, 7) is 0. The number of carbonyl (C=O) groups is 1. The fourth-order valence-corrected chi connectivity index (χ4v) is 3.95. The van der Waals surface area contributed by atoms with Gasteiger partial charge in [0.05, 0.1) is 5.56 Å². The molecule has 2 aliphatic carbocycles. The first-order valence-corrected chi connectivity index (χ1v) is 9.41. The first kappa shape index (κ1) is 18.0. The third-order valence-electron chi connectivity index (χ3n) is 5.27. The van der Waals surface area contributed by atoms with Crippen LogP contribution in [-0.2, 0) is 19.3 Å². The maximum atomic E-state index is 10.2. The van der Waals surface area contributed by atoms with E-state index in [9.17, 15) is 9.90 Å². The molecular weight excluding hydrogens is 350 g/mol. The van der Waals surface area contributed by atoms with Crippen LogP contribution in [0.3, 0.4) is 0 Å². The Balaban J connectivity index is 0.000000181. The second-order valence-electron chi connectivity index (χ2n) is 6.96. The van der Waals surface area contributed by atoms with Gasteiger partial charge in [-0.1, -0.05) is 36.4 Å². The number of nitrogens with zero attached hydrogens (tertiary/aromatic N) is 1. The molecule has 0 saturated heterocycles. The van der Waals surface area contributed by atoms with E-state index in [0.717, 1.165) is 31.2 Å². The first-order chi connectivity index (χ1) is 13.6. The molecule has 28 heavy (non-hydrogen) atoms. The van der Waals surface area contributed by atoms with Gasteiger partial charge in [0, 0.05) is 18.0 Å². The van der Waals surface area contributed by atoms with Crippen LogP contribution in [0.1, 0.15) is 39.0 Å². The molecule has 3 aromatic rings. The molecule has 0 unspecified atom stereocenters. The number of aromatic nitrogens is 1. The number of aliphatic hydroxyl groups is 1. The zero-order valence-corrected chi connectivity index (χ0v) is 15.4. The van der Waals surface area contributed by atoms with Gasteiger partial charge in [-0.15, -0.1) is 0 Å². The Morgan fingerprint density at radius 3 is 2.50 bits per heavy atom. The number of aryl methyl sites for hydroxylation is 2. The number of fused-ring (bicyclic) bond motifs is 5. The van der Waals surface area contributed by atoms with Crippen LogP contribution in [0.25, 0.3) is 16.9 Å². The average Bonchev–Trinajstić information content (AvgIpc) is 2.74. The standard InChI is InChI=1S/C18H16O.C6H5NO2/c19-17-7-3-5-13-9-10-15-14-6-2-1-4-12(14)8-11-16(15)18(13)17;8-6(9)5-2-1-3-7-4-5/h1-2,4,6-7,9-10,19H,3,5,8,11H2;1-4H,(H,8,9). The highest BCUT2D eigenvalue weighted by atomic mass is 16.4. The van der Waals surface area contributed by atoms with Gasteiger partial charge in [-0.3, -0.25) is 4.98 Å². The number of pyridine rings is 1. The minimum atomic E-state index is -0.942. The van der Waals surface area contributed by atoms with E-state index in [-0.39, 0.29) is 5.56 Å². The van der Waals surface area contributed by atoms with Gasteiger partial charge in [0.2, 0.25) is 0 Å². The van der Waals surface area contributed by atoms with Gasteiger partial charge in [0.25, 0.3) is 0 Å². The van der Waals surface area contributed by atoms with Crippen LogP contribution >= 0.6 is 0 Å². The van der Waals surface area contributed by atoms with Crippen LogP contribution < -0.4 is 0 Å². The SMILES string of the molecule is O=C(O)c1cccnc1.OC1=CCCc2ccc3c(c21)CCc1ccccc1-3. The summed E-state index contributed by atoms with van der Waals surface area (Å²) in [5.41, 5.74) is 8.04. The Hall–Kier alpha value is -3.40. The molecule has 4 heteroatoms. The van der Waals surface area contributed by atoms with Crippen molar-refractivity contribution in [1.29, 1.82) is 0 Å². The summed E-state index contributed by atoms with van der Waals surface area (Å²) in [5.74, 6) is -0.458. The minimum Gasteiger partial charge on any atom is -0.508 e. The molecule has 2 aromatic carbocycles. The molecule has 0 fully saturated rings. The number of allylic oxidation sites excluding steroid dienone is 1. The number of benzene rings is 2. The largest absolute Gasteiger partial charge is 0.508 e. The van der Waals surface area contributed by atoms with E-state index < -0.39 is 5.97 Å². The monoisotopic (exact) mass is 371 g/mol. The van der Waals surface area contributed by atoms with Crippen LogP contribution in [0.5, 0.6) is 0 Å². The Morgan fingerprint density at radius 2 is 1.75 bits per heavy atom. The molecular formula is C24H21NO3. The summed E-state index contributed by atoms with van der Waals surface area (Å²) < 4.78 is 0. The number of carboxylic acid groups (broad SMARTS) is 1. The van der Waals surface area contributed by atoms with E-state index in [2.05, 4.69) is 41.4 Å². The molecule has 0 saturated carbocycles. The van der Waals surface area contributed by atoms with Crippen LogP contribution in [0.15, 0.2) is 67.0 Å². The maximum absolute atomic E-state index is 10.2. The highest BCUT2D eigenvalue weighted by Gasteiger charge is 2.23. The Bertz CT molecular complexity index is 1050. The van der Waals surface area contributed by atoms with Gasteiger partial charge in [-0.25, -0.2) is 4.79 Å². The Kier molecular flexibility index (Phi) is 4.94. The second kappa shape index (κ2) is 7.69. The van der Waals surface area contributed by atoms with Crippen LogP contribution in [-0.4, -0.2) is 21.2 Å². The Morgan fingerprint density at radius 1 is 0.893 bits per heavy atom. The quantitative estimate of drug-likeness (QED) is 0.626. The van der Waals surface area contributed by atoms with E-state index in [4.69, 9.17) is 5.11 Å². The average molecular weight is 371 g/mol. The predicted octanol–water partition coefficient (Wildman–Crippen LogP) is 5.08. The summed E-state index contributed by atoms with van der Waals surface area (Å²) in [7, 11) is 0. The molecule has 1 aromatic heterocycles. The van der Waals surface area contributed by atoms with Crippen molar-refractivity contribution in [1.82, 2.24) is 4.98 Å². The van der Waals surface area contributed by atoms with Crippen molar-refractivity contribution in [2.45, 2.75) is 25.7 Å². The lowest BCUT2D eigenvalue weighted by Crippen LogP contribution is -2.11. The van der Waals surface area contributed by atoms with Gasteiger partial charge in [0.1, 0.15) is 5.76 Å². The number of aromatic carboxylic acids is 1. The van der Waals surface area contributed by atoms with Crippen molar-refractivity contribution >= 4 is 11.7 Å². The third-order valence-corrected chi connectivity index (χ3v) is 5.27. The molecule has 0 radical (unpaired) electrons. The topological polar surface area (TPSA) is 70.4 Å². The number of hydrogen-bond acceptors (Lipinski definition) is 3. The smallest absolute Gasteiger partial charge is 0.337 e. The zero-order chi connectivity index (χ0) is 19.5. The fraction of sp³-hybridized carbons (Fsp3) is 0.167. The van der Waals surface area contributed by atoms with E-state index in [1.54, 1.807) is 6.07 Å². The first-order valence-electron chi connectivity index (χ1n) is 9.41. The molecule has 0 atom stereocenters. The van der Waals surface area contributed by atoms with E-state index in [1.807, 2.05) is 6.08 Å². The summed E-state index contributed by atoms with van der Waals surface area (Å²) in [6.07, 6.45) is 8.92. The van der Waals surface area contributed by atoms with Gasteiger partial charge >= 0.3 is 5.97 Å². The van der Waals surface area contributed by atoms with E-state index in [1.165, 1.54) is 46.3 Å². The summed E-state index contributed by atoms with van der Waals surface area (Å²) in [4.78, 5) is 13.8. The molecule has 1 heterocycles. The molecule has 0 bridgehead atoms. The fourth-order valence-electron chi connectivity index (χ4n) is 3.95. The van der Waals surface area contributed by atoms with E-state index in [0.29, 0.717) is 5.76 Å². The molecule has 5 rings (SSSR count). The molecule has 0 amide bonds. The summed E-state index contributed by atoms with van der Waals surface area (Å²) in [5, 5.41) is 18.6. The predicted molar refractivity (Wildman–Crippen MR) is 109 cm³/mol. The molecule has 140 valence electrons. The van der Waals surface area contributed by atoms with Crippen LogP contribution in [0.2, 0.25) is 0 Å². The normalized spacial score (nSPS) is 13.8. The maximum Gasteiger partial charge on any atom is 0.337 e. The van der Waals surface area contributed by atoms with Crippen molar-refractivity contribution in [2.75, 3.05) is 0 Å². The molecule has 0 aliphatic heterocycles.